The largest absolute Gasteiger partial charge is 0.496 e. The van der Waals surface area contributed by atoms with Gasteiger partial charge in [-0.1, -0.05) is 6.07 Å². The summed E-state index contributed by atoms with van der Waals surface area (Å²) in [7, 11) is 3.23. The maximum atomic E-state index is 11.7. The number of amides is 1. The van der Waals surface area contributed by atoms with Crippen LogP contribution in [0.2, 0.25) is 0 Å². The van der Waals surface area contributed by atoms with Gasteiger partial charge >= 0.3 is 0 Å². The first-order valence-corrected chi connectivity index (χ1v) is 5.98. The number of methoxy groups -OCH3 is 2. The fraction of sp³-hybridized carbons (Fsp3) is 0.500. The molecule has 0 radical (unpaired) electrons. The first-order valence-electron chi connectivity index (χ1n) is 5.98. The highest BCUT2D eigenvalue weighted by Gasteiger charge is 2.10. The van der Waals surface area contributed by atoms with E-state index in [0.717, 1.165) is 22.4 Å². The molecular formula is C14H21NO3. The van der Waals surface area contributed by atoms with Gasteiger partial charge in [0.2, 0.25) is 5.91 Å². The molecule has 1 N–H and O–H groups in total. The van der Waals surface area contributed by atoms with Crippen LogP contribution < -0.4 is 10.1 Å². The number of carbonyl (C=O) groups excluding carboxylic acids is 1. The molecule has 4 nitrogen and oxygen atoms in total. The second kappa shape index (κ2) is 7.01. The molecule has 0 aliphatic heterocycles. The molecule has 0 aromatic heterocycles. The van der Waals surface area contributed by atoms with Crippen LogP contribution in [0.5, 0.6) is 5.75 Å². The van der Waals surface area contributed by atoms with Gasteiger partial charge in [0.05, 0.1) is 20.1 Å². The number of benzene rings is 1. The predicted octanol–water partition coefficient (Wildman–Crippen LogP) is 1.62. The van der Waals surface area contributed by atoms with Gasteiger partial charge in [-0.15, -0.1) is 0 Å². The van der Waals surface area contributed by atoms with E-state index < -0.39 is 0 Å². The van der Waals surface area contributed by atoms with E-state index in [4.69, 9.17) is 9.47 Å². The van der Waals surface area contributed by atoms with Crippen LogP contribution in [0.1, 0.15) is 16.7 Å². The van der Waals surface area contributed by atoms with Crippen molar-refractivity contribution in [3.8, 4) is 5.75 Å². The Morgan fingerprint density at radius 1 is 1.22 bits per heavy atom. The molecule has 0 saturated heterocycles. The molecule has 1 rings (SSSR count). The van der Waals surface area contributed by atoms with Crippen LogP contribution in [-0.2, 0) is 16.0 Å². The van der Waals surface area contributed by atoms with Crippen LogP contribution in [0.4, 0.5) is 0 Å². The Bertz CT molecular complexity index is 416. The van der Waals surface area contributed by atoms with E-state index >= 15 is 0 Å². The van der Waals surface area contributed by atoms with E-state index in [0.29, 0.717) is 19.6 Å². The van der Waals surface area contributed by atoms with Crippen molar-refractivity contribution in [3.05, 3.63) is 28.8 Å². The molecule has 0 bridgehead atoms. The Balaban J connectivity index is 2.71. The monoisotopic (exact) mass is 251 g/mol. The Kier molecular flexibility index (Phi) is 5.65. The van der Waals surface area contributed by atoms with Crippen LogP contribution in [0.3, 0.4) is 0 Å². The van der Waals surface area contributed by atoms with Crippen LogP contribution in [0.15, 0.2) is 12.1 Å². The summed E-state index contributed by atoms with van der Waals surface area (Å²) in [5.41, 5.74) is 3.24. The van der Waals surface area contributed by atoms with E-state index in [1.165, 1.54) is 0 Å². The maximum Gasteiger partial charge on any atom is 0.224 e. The SMILES string of the molecule is COCCNC(=O)Cc1cc(C)c(C)cc1OC. The minimum absolute atomic E-state index is 0.0198. The second-order valence-corrected chi connectivity index (χ2v) is 4.27. The second-order valence-electron chi connectivity index (χ2n) is 4.27. The number of hydrogen-bond acceptors (Lipinski definition) is 3. The van der Waals surface area contributed by atoms with Gasteiger partial charge in [-0.3, -0.25) is 4.79 Å². The number of nitrogens with one attached hydrogen (secondary N) is 1. The number of hydrogen-bond donors (Lipinski definition) is 1. The van der Waals surface area contributed by atoms with Crippen LogP contribution in [0.25, 0.3) is 0 Å². The third kappa shape index (κ3) is 4.04. The summed E-state index contributed by atoms with van der Waals surface area (Å²) in [4.78, 5) is 11.7. The lowest BCUT2D eigenvalue weighted by Crippen LogP contribution is -2.28. The summed E-state index contributed by atoms with van der Waals surface area (Å²) in [6.45, 7) is 5.11. The zero-order valence-electron chi connectivity index (χ0n) is 11.5. The standard InChI is InChI=1S/C14H21NO3/c1-10-7-12(13(18-4)8-11(10)2)9-14(16)15-5-6-17-3/h7-8H,5-6,9H2,1-4H3,(H,15,16). The lowest BCUT2D eigenvalue weighted by atomic mass is 10.0. The normalized spacial score (nSPS) is 10.2. The highest BCUT2D eigenvalue weighted by atomic mass is 16.5. The lowest BCUT2D eigenvalue weighted by molar-refractivity contribution is -0.120. The highest BCUT2D eigenvalue weighted by Crippen LogP contribution is 2.23. The minimum Gasteiger partial charge on any atom is -0.496 e. The minimum atomic E-state index is -0.0198. The van der Waals surface area contributed by atoms with E-state index in [2.05, 4.69) is 5.32 Å². The average Bonchev–Trinajstić information content (AvgIpc) is 2.34. The fourth-order valence-electron chi connectivity index (χ4n) is 1.71. The van der Waals surface area contributed by atoms with Crippen molar-refractivity contribution in [1.82, 2.24) is 5.32 Å². The third-order valence-electron chi connectivity index (χ3n) is 2.88. The molecule has 18 heavy (non-hydrogen) atoms. The molecule has 4 heteroatoms. The zero-order valence-corrected chi connectivity index (χ0v) is 11.5. The van der Waals surface area contributed by atoms with Gasteiger partial charge in [0.15, 0.2) is 0 Å². The summed E-state index contributed by atoms with van der Waals surface area (Å²) >= 11 is 0. The van der Waals surface area contributed by atoms with Crippen LogP contribution >= 0.6 is 0 Å². The molecule has 1 aromatic rings. The van der Waals surface area contributed by atoms with Crippen molar-refractivity contribution in [2.45, 2.75) is 20.3 Å². The molecular weight excluding hydrogens is 230 g/mol. The molecule has 100 valence electrons. The van der Waals surface area contributed by atoms with Crippen molar-refractivity contribution >= 4 is 5.91 Å². The number of ether oxygens (including phenoxy) is 2. The Labute approximate surface area is 108 Å². The van der Waals surface area contributed by atoms with Crippen molar-refractivity contribution in [2.75, 3.05) is 27.4 Å². The molecule has 0 fully saturated rings. The van der Waals surface area contributed by atoms with E-state index in [1.54, 1.807) is 14.2 Å². The first-order chi connectivity index (χ1) is 8.58. The van der Waals surface area contributed by atoms with E-state index in [9.17, 15) is 4.79 Å². The molecule has 0 unspecified atom stereocenters. The maximum absolute atomic E-state index is 11.7. The average molecular weight is 251 g/mol. The van der Waals surface area contributed by atoms with Gasteiger partial charge in [0, 0.05) is 19.2 Å². The predicted molar refractivity (Wildman–Crippen MR) is 71.1 cm³/mol. The zero-order chi connectivity index (χ0) is 13.5. The topological polar surface area (TPSA) is 47.6 Å². The van der Waals surface area contributed by atoms with Gasteiger partial charge in [-0.05, 0) is 31.0 Å². The summed E-state index contributed by atoms with van der Waals surface area (Å²) < 4.78 is 10.2. The summed E-state index contributed by atoms with van der Waals surface area (Å²) in [5.74, 6) is 0.744. The lowest BCUT2D eigenvalue weighted by Gasteiger charge is -2.12. The number of aryl methyl sites for hydroxylation is 2. The highest BCUT2D eigenvalue weighted by molar-refractivity contribution is 5.79. The summed E-state index contributed by atoms with van der Waals surface area (Å²) in [6, 6.07) is 3.97. The van der Waals surface area contributed by atoms with Crippen molar-refractivity contribution in [2.24, 2.45) is 0 Å². The Morgan fingerprint density at radius 2 is 1.89 bits per heavy atom. The van der Waals surface area contributed by atoms with Crippen LogP contribution in [-0.4, -0.2) is 33.3 Å². The molecule has 0 spiro atoms. The molecule has 0 aliphatic rings. The quantitative estimate of drug-likeness (QED) is 0.781. The Morgan fingerprint density at radius 3 is 2.50 bits per heavy atom. The molecule has 1 aromatic carbocycles. The van der Waals surface area contributed by atoms with Crippen molar-refractivity contribution < 1.29 is 14.3 Å². The summed E-state index contributed by atoms with van der Waals surface area (Å²) in [6.07, 6.45) is 0.327. The van der Waals surface area contributed by atoms with Gasteiger partial charge < -0.3 is 14.8 Å². The molecule has 1 amide bonds. The smallest absolute Gasteiger partial charge is 0.224 e. The third-order valence-corrected chi connectivity index (χ3v) is 2.88. The Hall–Kier alpha value is -1.55. The van der Waals surface area contributed by atoms with Crippen molar-refractivity contribution in [1.29, 1.82) is 0 Å². The first kappa shape index (κ1) is 14.5. The van der Waals surface area contributed by atoms with E-state index in [1.807, 2.05) is 26.0 Å². The van der Waals surface area contributed by atoms with E-state index in [-0.39, 0.29) is 5.91 Å². The number of carbonyl (C=O) groups is 1. The summed E-state index contributed by atoms with van der Waals surface area (Å²) in [5, 5.41) is 2.80. The van der Waals surface area contributed by atoms with Gasteiger partial charge in [-0.25, -0.2) is 0 Å². The molecule has 0 saturated carbocycles. The molecule has 0 heterocycles. The number of rotatable bonds is 6. The molecule has 0 aliphatic carbocycles. The van der Waals surface area contributed by atoms with Crippen LogP contribution in [0, 0.1) is 13.8 Å². The molecule has 0 atom stereocenters. The van der Waals surface area contributed by atoms with Gasteiger partial charge in [0.1, 0.15) is 5.75 Å². The van der Waals surface area contributed by atoms with Crippen molar-refractivity contribution in [3.63, 3.8) is 0 Å². The fourth-order valence-corrected chi connectivity index (χ4v) is 1.71. The van der Waals surface area contributed by atoms with Gasteiger partial charge in [-0.2, -0.15) is 0 Å². The van der Waals surface area contributed by atoms with Gasteiger partial charge in [0.25, 0.3) is 0 Å².